The van der Waals surface area contributed by atoms with Crippen LogP contribution in [0.4, 0.5) is 5.69 Å². The summed E-state index contributed by atoms with van der Waals surface area (Å²) in [7, 11) is 1.67. The van der Waals surface area contributed by atoms with Gasteiger partial charge in [0.15, 0.2) is 0 Å². The van der Waals surface area contributed by atoms with E-state index >= 15 is 0 Å². The van der Waals surface area contributed by atoms with E-state index in [4.69, 9.17) is 16.3 Å². The Balaban J connectivity index is 1.99. The monoisotopic (exact) mass is 247 g/mol. The number of anilines is 1. The highest BCUT2D eigenvalue weighted by molar-refractivity contribution is 6.30. The summed E-state index contributed by atoms with van der Waals surface area (Å²) in [4.78, 5) is 0. The average molecular weight is 248 g/mol. The lowest BCUT2D eigenvalue weighted by molar-refractivity contribution is 0.414. The molecule has 0 aliphatic carbocycles. The Hall–Kier alpha value is -1.67. The molecule has 88 valence electrons. The van der Waals surface area contributed by atoms with Crippen LogP contribution in [0.15, 0.2) is 48.5 Å². The van der Waals surface area contributed by atoms with Gasteiger partial charge in [-0.2, -0.15) is 0 Å². The number of benzene rings is 2. The Bertz CT molecular complexity index is 482. The van der Waals surface area contributed by atoms with Gasteiger partial charge < -0.3 is 10.1 Å². The largest absolute Gasteiger partial charge is 0.497 e. The first-order valence-electron chi connectivity index (χ1n) is 5.40. The Morgan fingerprint density at radius 2 is 1.88 bits per heavy atom. The molecular weight excluding hydrogens is 234 g/mol. The molecule has 0 aliphatic heterocycles. The summed E-state index contributed by atoms with van der Waals surface area (Å²) in [6.07, 6.45) is 0. The molecule has 0 saturated heterocycles. The molecule has 1 N–H and O–H groups in total. The van der Waals surface area contributed by atoms with Gasteiger partial charge in [0, 0.05) is 17.3 Å². The number of hydrogen-bond donors (Lipinski definition) is 1. The van der Waals surface area contributed by atoms with Gasteiger partial charge in [-0.15, -0.1) is 0 Å². The van der Waals surface area contributed by atoms with Crippen LogP contribution < -0.4 is 10.1 Å². The van der Waals surface area contributed by atoms with Crippen LogP contribution in [-0.4, -0.2) is 7.11 Å². The highest BCUT2D eigenvalue weighted by Gasteiger charge is 1.96. The molecule has 0 unspecified atom stereocenters. The number of halogens is 1. The molecule has 0 fully saturated rings. The fourth-order valence-corrected chi connectivity index (χ4v) is 1.68. The fourth-order valence-electron chi connectivity index (χ4n) is 1.55. The summed E-state index contributed by atoms with van der Waals surface area (Å²) in [5.74, 6) is 0.875. The minimum atomic E-state index is 0.747. The first kappa shape index (κ1) is 11.8. The van der Waals surface area contributed by atoms with E-state index in [1.54, 1.807) is 7.11 Å². The van der Waals surface area contributed by atoms with Gasteiger partial charge in [0.1, 0.15) is 5.75 Å². The second-order valence-corrected chi connectivity index (χ2v) is 4.15. The van der Waals surface area contributed by atoms with Gasteiger partial charge in [-0.1, -0.05) is 23.7 Å². The molecule has 0 amide bonds. The normalized spacial score (nSPS) is 10.0. The first-order valence-corrected chi connectivity index (χ1v) is 5.78. The quantitative estimate of drug-likeness (QED) is 0.883. The number of hydrogen-bond acceptors (Lipinski definition) is 2. The lowest BCUT2D eigenvalue weighted by atomic mass is 10.2. The molecule has 2 aromatic rings. The van der Waals surface area contributed by atoms with E-state index in [2.05, 4.69) is 11.4 Å². The van der Waals surface area contributed by atoms with E-state index in [-0.39, 0.29) is 0 Å². The van der Waals surface area contributed by atoms with Crippen molar-refractivity contribution in [2.45, 2.75) is 6.54 Å². The van der Waals surface area contributed by atoms with Crippen molar-refractivity contribution < 1.29 is 4.74 Å². The molecule has 0 aliphatic rings. The van der Waals surface area contributed by atoms with Gasteiger partial charge in [-0.05, 0) is 42.0 Å². The maximum Gasteiger partial charge on any atom is 0.119 e. The van der Waals surface area contributed by atoms with Crippen molar-refractivity contribution >= 4 is 17.3 Å². The third kappa shape index (κ3) is 3.40. The second-order valence-electron chi connectivity index (χ2n) is 3.71. The standard InChI is InChI=1S/C14H14ClNO/c1-17-14-4-2-3-11(9-14)10-16-13-7-5-12(15)6-8-13/h2-9,16H,10H2,1H3. The van der Waals surface area contributed by atoms with Crippen LogP contribution in [0.25, 0.3) is 0 Å². The maximum atomic E-state index is 5.82. The molecule has 0 bridgehead atoms. The van der Waals surface area contributed by atoms with Crippen LogP contribution in [0.3, 0.4) is 0 Å². The van der Waals surface area contributed by atoms with Crippen LogP contribution in [-0.2, 0) is 6.54 Å². The molecule has 0 saturated carbocycles. The Morgan fingerprint density at radius 1 is 1.12 bits per heavy atom. The molecule has 0 aromatic heterocycles. The minimum Gasteiger partial charge on any atom is -0.497 e. The van der Waals surface area contributed by atoms with Crippen molar-refractivity contribution in [3.8, 4) is 5.75 Å². The van der Waals surface area contributed by atoms with Crippen LogP contribution in [0.1, 0.15) is 5.56 Å². The van der Waals surface area contributed by atoms with E-state index in [1.807, 2.05) is 42.5 Å². The molecule has 2 nitrogen and oxygen atoms in total. The van der Waals surface area contributed by atoms with Crippen molar-refractivity contribution in [2.24, 2.45) is 0 Å². The summed E-state index contributed by atoms with van der Waals surface area (Å²) in [5.41, 5.74) is 2.23. The third-order valence-electron chi connectivity index (χ3n) is 2.48. The predicted molar refractivity (Wildman–Crippen MR) is 71.8 cm³/mol. The van der Waals surface area contributed by atoms with E-state index in [9.17, 15) is 0 Å². The maximum absolute atomic E-state index is 5.82. The van der Waals surface area contributed by atoms with Crippen molar-refractivity contribution in [2.75, 3.05) is 12.4 Å². The third-order valence-corrected chi connectivity index (χ3v) is 2.73. The van der Waals surface area contributed by atoms with Crippen molar-refractivity contribution in [1.82, 2.24) is 0 Å². The molecule has 17 heavy (non-hydrogen) atoms. The number of rotatable bonds is 4. The Labute approximate surface area is 106 Å². The molecule has 3 heteroatoms. The van der Waals surface area contributed by atoms with Crippen LogP contribution >= 0.6 is 11.6 Å². The SMILES string of the molecule is COc1cccc(CNc2ccc(Cl)cc2)c1. The lowest BCUT2D eigenvalue weighted by Gasteiger charge is -2.07. The highest BCUT2D eigenvalue weighted by atomic mass is 35.5. The van der Waals surface area contributed by atoms with E-state index in [0.717, 1.165) is 23.0 Å². The predicted octanol–water partition coefficient (Wildman–Crippen LogP) is 3.96. The molecular formula is C14H14ClNO. The fraction of sp³-hybridized carbons (Fsp3) is 0.143. The molecule has 0 spiro atoms. The van der Waals surface area contributed by atoms with E-state index in [1.165, 1.54) is 5.56 Å². The molecule has 2 rings (SSSR count). The summed E-state index contributed by atoms with van der Waals surface area (Å²) >= 11 is 5.82. The molecule has 0 radical (unpaired) electrons. The van der Waals surface area contributed by atoms with Gasteiger partial charge in [0.25, 0.3) is 0 Å². The average Bonchev–Trinajstić information content (AvgIpc) is 2.38. The van der Waals surface area contributed by atoms with Crippen molar-refractivity contribution in [3.05, 3.63) is 59.1 Å². The topological polar surface area (TPSA) is 21.3 Å². The van der Waals surface area contributed by atoms with Gasteiger partial charge >= 0.3 is 0 Å². The second kappa shape index (κ2) is 5.60. The summed E-state index contributed by atoms with van der Waals surface area (Å²) in [6.45, 7) is 0.763. The number of ether oxygens (including phenoxy) is 1. The zero-order chi connectivity index (χ0) is 12.1. The Morgan fingerprint density at radius 3 is 2.59 bits per heavy atom. The van der Waals surface area contributed by atoms with Crippen LogP contribution in [0.5, 0.6) is 5.75 Å². The van der Waals surface area contributed by atoms with Crippen LogP contribution in [0.2, 0.25) is 5.02 Å². The number of methoxy groups -OCH3 is 1. The van der Waals surface area contributed by atoms with Gasteiger partial charge in [0.05, 0.1) is 7.11 Å². The van der Waals surface area contributed by atoms with Gasteiger partial charge in [-0.3, -0.25) is 0 Å². The smallest absolute Gasteiger partial charge is 0.119 e. The summed E-state index contributed by atoms with van der Waals surface area (Å²) in [5, 5.41) is 4.07. The van der Waals surface area contributed by atoms with Gasteiger partial charge in [-0.25, -0.2) is 0 Å². The zero-order valence-corrected chi connectivity index (χ0v) is 10.4. The summed E-state index contributed by atoms with van der Waals surface area (Å²) in [6, 6.07) is 15.7. The highest BCUT2D eigenvalue weighted by Crippen LogP contribution is 2.16. The molecule has 2 aromatic carbocycles. The zero-order valence-electron chi connectivity index (χ0n) is 9.61. The van der Waals surface area contributed by atoms with E-state index in [0.29, 0.717) is 0 Å². The van der Waals surface area contributed by atoms with E-state index < -0.39 is 0 Å². The van der Waals surface area contributed by atoms with Crippen molar-refractivity contribution in [1.29, 1.82) is 0 Å². The Kier molecular flexibility index (Phi) is 3.89. The lowest BCUT2D eigenvalue weighted by Crippen LogP contribution is -1.99. The van der Waals surface area contributed by atoms with Crippen molar-refractivity contribution in [3.63, 3.8) is 0 Å². The summed E-state index contributed by atoms with van der Waals surface area (Å²) < 4.78 is 5.18. The van der Waals surface area contributed by atoms with Crippen LogP contribution in [0, 0.1) is 0 Å². The minimum absolute atomic E-state index is 0.747. The van der Waals surface area contributed by atoms with Gasteiger partial charge in [0.2, 0.25) is 0 Å². The number of nitrogens with one attached hydrogen (secondary N) is 1. The first-order chi connectivity index (χ1) is 8.28. The molecule has 0 atom stereocenters. The molecule has 0 heterocycles.